The maximum atomic E-state index is 12.1. The van der Waals surface area contributed by atoms with Crippen LogP contribution >= 0.6 is 0 Å². The Morgan fingerprint density at radius 2 is 2.22 bits per heavy atom. The fourth-order valence-electron chi connectivity index (χ4n) is 2.12. The number of nitrogens with one attached hydrogen (secondary N) is 1. The Labute approximate surface area is 106 Å². The van der Waals surface area contributed by atoms with Crippen LogP contribution in [0.3, 0.4) is 0 Å². The first-order valence-electron chi connectivity index (χ1n) is 6.33. The van der Waals surface area contributed by atoms with Crippen LogP contribution in [0.5, 0.6) is 0 Å². The molecule has 0 bridgehead atoms. The molecular weight excluding hydrogens is 230 g/mol. The van der Waals surface area contributed by atoms with E-state index in [9.17, 15) is 9.59 Å². The van der Waals surface area contributed by atoms with Gasteiger partial charge in [-0.3, -0.25) is 9.59 Å². The summed E-state index contributed by atoms with van der Waals surface area (Å²) in [5.74, 6) is 0.0198. The summed E-state index contributed by atoms with van der Waals surface area (Å²) in [5.41, 5.74) is 0.585. The molecule has 1 amide bonds. The number of nitrogens with zero attached hydrogens (tertiary/aromatic N) is 2. The van der Waals surface area contributed by atoms with Gasteiger partial charge in [0.25, 0.3) is 5.56 Å². The maximum Gasteiger partial charge on any atom is 0.253 e. The van der Waals surface area contributed by atoms with Crippen molar-refractivity contribution in [1.82, 2.24) is 14.8 Å². The first kappa shape index (κ1) is 12.8. The molecule has 5 heteroatoms. The van der Waals surface area contributed by atoms with Crippen molar-refractivity contribution in [2.45, 2.75) is 19.9 Å². The lowest BCUT2D eigenvalue weighted by Gasteiger charge is -2.20. The van der Waals surface area contributed by atoms with Crippen LogP contribution in [0.25, 0.3) is 0 Å². The van der Waals surface area contributed by atoms with Crippen LogP contribution in [-0.4, -0.2) is 41.6 Å². The highest BCUT2D eigenvalue weighted by atomic mass is 16.2. The molecule has 0 saturated carbocycles. The largest absolute Gasteiger partial charge is 0.340 e. The molecule has 2 heterocycles. The second kappa shape index (κ2) is 5.82. The number of rotatable bonds is 2. The molecule has 1 fully saturated rings. The average molecular weight is 249 g/mol. The lowest BCUT2D eigenvalue weighted by Crippen LogP contribution is -2.38. The van der Waals surface area contributed by atoms with Gasteiger partial charge in [-0.25, -0.2) is 0 Å². The number of hydrogen-bond donors (Lipinski definition) is 1. The Morgan fingerprint density at radius 1 is 1.39 bits per heavy atom. The van der Waals surface area contributed by atoms with Gasteiger partial charge in [-0.1, -0.05) is 6.07 Å². The Balaban J connectivity index is 2.06. The number of aryl methyl sites for hydroxylation is 1. The van der Waals surface area contributed by atoms with Gasteiger partial charge in [0.15, 0.2) is 0 Å². The molecule has 1 aliphatic rings. The Bertz CT molecular complexity index is 473. The summed E-state index contributed by atoms with van der Waals surface area (Å²) in [6, 6.07) is 3.56. The number of hydrogen-bond acceptors (Lipinski definition) is 3. The Hall–Kier alpha value is -1.62. The fraction of sp³-hybridized carbons (Fsp3) is 0.538. The molecule has 0 radical (unpaired) electrons. The quantitative estimate of drug-likeness (QED) is 0.801. The lowest BCUT2D eigenvalue weighted by molar-refractivity contribution is -0.131. The van der Waals surface area contributed by atoms with Gasteiger partial charge in [-0.05, 0) is 26.0 Å². The number of carbonyl (C=O) groups excluding carboxylic acids is 1. The van der Waals surface area contributed by atoms with Gasteiger partial charge in [-0.15, -0.1) is 0 Å². The molecule has 1 aromatic heterocycles. The zero-order valence-electron chi connectivity index (χ0n) is 10.7. The van der Waals surface area contributed by atoms with E-state index in [0.29, 0.717) is 5.56 Å². The average Bonchev–Trinajstić information content (AvgIpc) is 2.63. The van der Waals surface area contributed by atoms with Gasteiger partial charge in [0.1, 0.15) is 6.54 Å². The summed E-state index contributed by atoms with van der Waals surface area (Å²) < 4.78 is 1.48. The topological polar surface area (TPSA) is 54.3 Å². The minimum atomic E-state index is -0.0844. The van der Waals surface area contributed by atoms with Crippen LogP contribution in [0.2, 0.25) is 0 Å². The number of aromatic nitrogens is 1. The van der Waals surface area contributed by atoms with Crippen LogP contribution in [0.4, 0.5) is 0 Å². The van der Waals surface area contributed by atoms with Gasteiger partial charge >= 0.3 is 0 Å². The predicted octanol–water partition coefficient (Wildman–Crippen LogP) is -0.0214. The Kier molecular flexibility index (Phi) is 4.15. The highest BCUT2D eigenvalue weighted by Gasteiger charge is 2.15. The van der Waals surface area contributed by atoms with Crippen LogP contribution in [0, 0.1) is 6.92 Å². The van der Waals surface area contributed by atoms with Crippen molar-refractivity contribution < 1.29 is 4.79 Å². The molecule has 2 rings (SSSR count). The second-order valence-corrected chi connectivity index (χ2v) is 4.61. The van der Waals surface area contributed by atoms with E-state index in [2.05, 4.69) is 5.32 Å². The molecule has 0 atom stereocenters. The molecule has 0 aliphatic carbocycles. The van der Waals surface area contributed by atoms with Crippen molar-refractivity contribution in [1.29, 1.82) is 0 Å². The molecular formula is C13H19N3O2. The summed E-state index contributed by atoms with van der Waals surface area (Å²) in [5, 5.41) is 3.25. The van der Waals surface area contributed by atoms with Crippen LogP contribution in [-0.2, 0) is 11.3 Å². The standard InChI is InChI=1S/C13H19N3O2/c1-11-4-2-7-16(13(11)18)10-12(17)15-8-3-5-14-6-9-15/h2,4,7,14H,3,5-6,8-10H2,1H3. The van der Waals surface area contributed by atoms with Crippen molar-refractivity contribution in [3.8, 4) is 0 Å². The zero-order chi connectivity index (χ0) is 13.0. The van der Waals surface area contributed by atoms with E-state index in [4.69, 9.17) is 0 Å². The van der Waals surface area contributed by atoms with E-state index < -0.39 is 0 Å². The smallest absolute Gasteiger partial charge is 0.253 e. The molecule has 1 aromatic rings. The van der Waals surface area contributed by atoms with Crippen molar-refractivity contribution in [3.05, 3.63) is 34.2 Å². The van der Waals surface area contributed by atoms with E-state index >= 15 is 0 Å². The molecule has 18 heavy (non-hydrogen) atoms. The minimum absolute atomic E-state index is 0.0198. The molecule has 1 saturated heterocycles. The van der Waals surface area contributed by atoms with E-state index in [1.807, 2.05) is 4.90 Å². The normalized spacial score (nSPS) is 16.4. The summed E-state index contributed by atoms with van der Waals surface area (Å²) >= 11 is 0. The van der Waals surface area contributed by atoms with Crippen LogP contribution in [0.15, 0.2) is 23.1 Å². The van der Waals surface area contributed by atoms with Gasteiger partial charge in [0.05, 0.1) is 0 Å². The van der Waals surface area contributed by atoms with Crippen molar-refractivity contribution in [2.24, 2.45) is 0 Å². The summed E-state index contributed by atoms with van der Waals surface area (Å²) in [7, 11) is 0. The monoisotopic (exact) mass is 249 g/mol. The predicted molar refractivity (Wildman–Crippen MR) is 69.5 cm³/mol. The summed E-state index contributed by atoms with van der Waals surface area (Å²) in [4.78, 5) is 25.8. The van der Waals surface area contributed by atoms with E-state index in [-0.39, 0.29) is 18.0 Å². The van der Waals surface area contributed by atoms with E-state index in [1.165, 1.54) is 4.57 Å². The fourth-order valence-corrected chi connectivity index (χ4v) is 2.12. The molecule has 98 valence electrons. The van der Waals surface area contributed by atoms with Gasteiger partial charge < -0.3 is 14.8 Å². The van der Waals surface area contributed by atoms with E-state index in [1.54, 1.807) is 25.3 Å². The third-order valence-electron chi connectivity index (χ3n) is 3.21. The first-order valence-corrected chi connectivity index (χ1v) is 6.33. The lowest BCUT2D eigenvalue weighted by atomic mass is 10.3. The maximum absolute atomic E-state index is 12.1. The zero-order valence-corrected chi connectivity index (χ0v) is 10.7. The van der Waals surface area contributed by atoms with Gasteiger partial charge in [0, 0.05) is 31.4 Å². The summed E-state index contributed by atoms with van der Waals surface area (Å²) in [6.45, 7) is 5.17. The molecule has 0 unspecified atom stereocenters. The van der Waals surface area contributed by atoms with E-state index in [0.717, 1.165) is 32.6 Å². The number of carbonyl (C=O) groups is 1. The van der Waals surface area contributed by atoms with Crippen molar-refractivity contribution in [3.63, 3.8) is 0 Å². The van der Waals surface area contributed by atoms with Gasteiger partial charge in [-0.2, -0.15) is 0 Å². The third-order valence-corrected chi connectivity index (χ3v) is 3.21. The Morgan fingerprint density at radius 3 is 3.06 bits per heavy atom. The SMILES string of the molecule is Cc1cccn(CC(=O)N2CCCNCC2)c1=O. The highest BCUT2D eigenvalue weighted by molar-refractivity contribution is 5.76. The first-order chi connectivity index (χ1) is 8.68. The highest BCUT2D eigenvalue weighted by Crippen LogP contribution is 1.98. The molecule has 5 nitrogen and oxygen atoms in total. The second-order valence-electron chi connectivity index (χ2n) is 4.61. The molecule has 0 spiro atoms. The third kappa shape index (κ3) is 2.98. The van der Waals surface area contributed by atoms with Crippen molar-refractivity contribution in [2.75, 3.05) is 26.2 Å². The van der Waals surface area contributed by atoms with Gasteiger partial charge in [0.2, 0.25) is 5.91 Å². The number of amides is 1. The molecule has 0 aromatic carbocycles. The molecule has 1 N–H and O–H groups in total. The van der Waals surface area contributed by atoms with Crippen LogP contribution < -0.4 is 10.9 Å². The number of pyridine rings is 1. The van der Waals surface area contributed by atoms with Crippen LogP contribution in [0.1, 0.15) is 12.0 Å². The minimum Gasteiger partial charge on any atom is -0.340 e. The molecule has 1 aliphatic heterocycles. The summed E-state index contributed by atoms with van der Waals surface area (Å²) in [6.07, 6.45) is 2.64. The van der Waals surface area contributed by atoms with Crippen molar-refractivity contribution >= 4 is 5.91 Å².